The van der Waals surface area contributed by atoms with Gasteiger partial charge in [-0.3, -0.25) is 0 Å². The third-order valence-electron chi connectivity index (χ3n) is 6.23. The maximum Gasteiger partial charge on any atom is -0.0417 e. The van der Waals surface area contributed by atoms with E-state index in [-0.39, 0.29) is 0 Å². The van der Waals surface area contributed by atoms with Crippen molar-refractivity contribution in [2.75, 3.05) is 0 Å². The van der Waals surface area contributed by atoms with Gasteiger partial charge in [-0.1, -0.05) is 113 Å². The molecule has 0 N–H and O–H groups in total. The fraction of sp³-hybridized carbons (Fsp3) is 1.00. The lowest BCUT2D eigenvalue weighted by molar-refractivity contribution is 0.298. The molecule has 0 aliphatic carbocycles. The van der Waals surface area contributed by atoms with Gasteiger partial charge in [0.2, 0.25) is 0 Å². The zero-order valence-corrected chi connectivity index (χ0v) is 17.0. The molecule has 0 amide bonds. The molecular formula is C22H46. The van der Waals surface area contributed by atoms with E-state index in [1.54, 1.807) is 0 Å². The minimum Gasteiger partial charge on any atom is -0.0651 e. The molecule has 134 valence electrons. The highest BCUT2D eigenvalue weighted by molar-refractivity contribution is 4.65. The smallest absolute Gasteiger partial charge is 0.0417 e. The van der Waals surface area contributed by atoms with Crippen molar-refractivity contribution >= 4 is 0 Å². The summed E-state index contributed by atoms with van der Waals surface area (Å²) in [6, 6.07) is 0. The minimum atomic E-state index is 0.912. The molecule has 0 radical (unpaired) electrons. The molecule has 0 aliphatic rings. The van der Waals surface area contributed by atoms with Crippen LogP contribution in [0.25, 0.3) is 0 Å². The second-order valence-electron chi connectivity index (χ2n) is 8.53. The molecule has 0 rings (SSSR count). The average Bonchev–Trinajstić information content (AvgIpc) is 2.51. The van der Waals surface area contributed by atoms with E-state index in [1.807, 2.05) is 0 Å². The SMILES string of the molecule is CCC(C)CCCC(C)CCCC(C)C(C)CCC(C)CC. The van der Waals surface area contributed by atoms with E-state index in [1.165, 1.54) is 64.2 Å². The molecule has 5 unspecified atom stereocenters. The third-order valence-corrected chi connectivity index (χ3v) is 6.23. The van der Waals surface area contributed by atoms with Crippen molar-refractivity contribution < 1.29 is 0 Å². The Balaban J connectivity index is 3.66. The van der Waals surface area contributed by atoms with E-state index in [9.17, 15) is 0 Å². The van der Waals surface area contributed by atoms with Gasteiger partial charge >= 0.3 is 0 Å². The van der Waals surface area contributed by atoms with E-state index in [0.29, 0.717) is 0 Å². The van der Waals surface area contributed by atoms with Crippen LogP contribution in [0.3, 0.4) is 0 Å². The Morgan fingerprint density at radius 1 is 0.455 bits per heavy atom. The summed E-state index contributed by atoms with van der Waals surface area (Å²) in [5.74, 6) is 4.61. The molecule has 0 heterocycles. The zero-order chi connectivity index (χ0) is 17.0. The summed E-state index contributed by atoms with van der Waals surface area (Å²) < 4.78 is 0. The minimum absolute atomic E-state index is 0.912. The number of rotatable bonds is 14. The molecule has 0 aromatic heterocycles. The lowest BCUT2D eigenvalue weighted by Gasteiger charge is -2.22. The van der Waals surface area contributed by atoms with E-state index in [0.717, 1.165) is 29.6 Å². The van der Waals surface area contributed by atoms with Gasteiger partial charge in [0, 0.05) is 0 Å². The molecule has 0 fully saturated rings. The summed E-state index contributed by atoms with van der Waals surface area (Å²) in [4.78, 5) is 0. The first-order valence-electron chi connectivity index (χ1n) is 10.4. The Morgan fingerprint density at radius 2 is 0.864 bits per heavy atom. The first kappa shape index (κ1) is 22.0. The van der Waals surface area contributed by atoms with Crippen LogP contribution < -0.4 is 0 Å². The quantitative estimate of drug-likeness (QED) is 0.304. The molecule has 0 aromatic carbocycles. The van der Waals surface area contributed by atoms with Crippen molar-refractivity contribution in [3.8, 4) is 0 Å². The molecule has 0 spiro atoms. The van der Waals surface area contributed by atoms with Crippen molar-refractivity contribution in [2.45, 2.75) is 113 Å². The second-order valence-corrected chi connectivity index (χ2v) is 8.53. The van der Waals surface area contributed by atoms with Crippen LogP contribution in [0.2, 0.25) is 0 Å². The van der Waals surface area contributed by atoms with E-state index in [2.05, 4.69) is 48.5 Å². The monoisotopic (exact) mass is 310 g/mol. The van der Waals surface area contributed by atoms with Gasteiger partial charge in [0.25, 0.3) is 0 Å². The Bertz CT molecular complexity index is 232. The molecule has 5 atom stereocenters. The maximum atomic E-state index is 2.48. The Kier molecular flexibility index (Phi) is 13.4. The maximum absolute atomic E-state index is 2.48. The van der Waals surface area contributed by atoms with Gasteiger partial charge in [0.1, 0.15) is 0 Å². The summed E-state index contributed by atoms with van der Waals surface area (Å²) in [6.45, 7) is 16.9. The first-order chi connectivity index (χ1) is 10.4. The van der Waals surface area contributed by atoms with Crippen molar-refractivity contribution in [1.29, 1.82) is 0 Å². The highest BCUT2D eigenvalue weighted by Gasteiger charge is 2.14. The third kappa shape index (κ3) is 11.6. The highest BCUT2D eigenvalue weighted by Crippen LogP contribution is 2.26. The molecular weight excluding hydrogens is 264 g/mol. The topological polar surface area (TPSA) is 0 Å². The molecule has 0 nitrogen and oxygen atoms in total. The number of hydrogen-bond acceptors (Lipinski definition) is 0. The second kappa shape index (κ2) is 13.4. The summed E-state index contributed by atoms with van der Waals surface area (Å²) in [5, 5.41) is 0. The van der Waals surface area contributed by atoms with Crippen LogP contribution in [-0.2, 0) is 0 Å². The van der Waals surface area contributed by atoms with Crippen molar-refractivity contribution in [2.24, 2.45) is 29.6 Å². The van der Waals surface area contributed by atoms with E-state index < -0.39 is 0 Å². The Labute approximate surface area is 142 Å². The van der Waals surface area contributed by atoms with Gasteiger partial charge in [-0.2, -0.15) is 0 Å². The lowest BCUT2D eigenvalue weighted by Crippen LogP contribution is -2.10. The van der Waals surface area contributed by atoms with Gasteiger partial charge in [-0.25, -0.2) is 0 Å². The predicted octanol–water partition coefficient (Wildman–Crippen LogP) is 8.11. The van der Waals surface area contributed by atoms with E-state index in [4.69, 9.17) is 0 Å². The van der Waals surface area contributed by atoms with Gasteiger partial charge in [-0.05, 0) is 29.6 Å². The molecule has 0 aromatic rings. The highest BCUT2D eigenvalue weighted by atomic mass is 14.2. The zero-order valence-electron chi connectivity index (χ0n) is 17.0. The van der Waals surface area contributed by atoms with Gasteiger partial charge in [0.05, 0.1) is 0 Å². The standard InChI is InChI=1S/C22H46/c1-8-18(3)12-10-13-20(5)14-11-15-21(6)22(7)17-16-19(4)9-2/h18-22H,8-17H2,1-7H3. The van der Waals surface area contributed by atoms with Gasteiger partial charge in [0.15, 0.2) is 0 Å². The van der Waals surface area contributed by atoms with Crippen molar-refractivity contribution in [3.63, 3.8) is 0 Å². The van der Waals surface area contributed by atoms with Crippen molar-refractivity contribution in [3.05, 3.63) is 0 Å². The molecule has 0 bridgehead atoms. The van der Waals surface area contributed by atoms with Crippen LogP contribution in [0.5, 0.6) is 0 Å². The molecule has 0 saturated heterocycles. The molecule has 22 heavy (non-hydrogen) atoms. The average molecular weight is 311 g/mol. The summed E-state index contributed by atoms with van der Waals surface area (Å²) >= 11 is 0. The Hall–Kier alpha value is 0. The van der Waals surface area contributed by atoms with Crippen LogP contribution >= 0.6 is 0 Å². The van der Waals surface area contributed by atoms with Crippen LogP contribution in [0.15, 0.2) is 0 Å². The van der Waals surface area contributed by atoms with Crippen LogP contribution in [0, 0.1) is 29.6 Å². The first-order valence-corrected chi connectivity index (χ1v) is 10.4. The largest absolute Gasteiger partial charge is 0.0651 e. The Morgan fingerprint density at radius 3 is 1.41 bits per heavy atom. The van der Waals surface area contributed by atoms with Crippen LogP contribution in [0.4, 0.5) is 0 Å². The van der Waals surface area contributed by atoms with Gasteiger partial charge < -0.3 is 0 Å². The normalized spacial score (nSPS) is 18.7. The molecule has 0 saturated carbocycles. The number of hydrogen-bond donors (Lipinski definition) is 0. The van der Waals surface area contributed by atoms with Gasteiger partial charge in [-0.15, -0.1) is 0 Å². The molecule has 0 heteroatoms. The van der Waals surface area contributed by atoms with Crippen molar-refractivity contribution in [1.82, 2.24) is 0 Å². The fourth-order valence-corrected chi connectivity index (χ4v) is 3.27. The summed E-state index contributed by atoms with van der Waals surface area (Å²) in [7, 11) is 0. The lowest BCUT2D eigenvalue weighted by atomic mass is 9.84. The van der Waals surface area contributed by atoms with E-state index >= 15 is 0 Å². The summed E-state index contributed by atoms with van der Waals surface area (Å²) in [6.07, 6.45) is 14.2. The van der Waals surface area contributed by atoms with Crippen LogP contribution in [0.1, 0.15) is 113 Å². The fourth-order valence-electron chi connectivity index (χ4n) is 3.27. The van der Waals surface area contributed by atoms with Crippen LogP contribution in [-0.4, -0.2) is 0 Å². The molecule has 0 aliphatic heterocycles. The summed E-state index contributed by atoms with van der Waals surface area (Å²) in [5.41, 5.74) is 0. The predicted molar refractivity (Wildman–Crippen MR) is 103 cm³/mol.